The van der Waals surface area contributed by atoms with Crippen molar-refractivity contribution in [1.29, 1.82) is 0 Å². The maximum absolute atomic E-state index is 13.0. The van der Waals surface area contributed by atoms with E-state index in [4.69, 9.17) is 14.0 Å². The molecule has 5 rings (SSSR count). The molecule has 2 aromatic heterocycles. The van der Waals surface area contributed by atoms with Crippen LogP contribution in [0.25, 0.3) is 10.8 Å². The van der Waals surface area contributed by atoms with Crippen LogP contribution in [-0.4, -0.2) is 35.1 Å². The number of carbonyl (C=O) groups is 2. The number of carbonyl (C=O) groups excluding carboxylic acids is 2. The number of amides is 1. The van der Waals surface area contributed by atoms with E-state index < -0.39 is 5.97 Å². The molecular formula is C26H24N2O5S. The number of hydrogen-bond donors (Lipinski definition) is 0. The summed E-state index contributed by atoms with van der Waals surface area (Å²) in [5, 5.41) is 7.81. The van der Waals surface area contributed by atoms with E-state index in [-0.39, 0.29) is 24.7 Å². The van der Waals surface area contributed by atoms with Crippen LogP contribution in [0.15, 0.2) is 52.4 Å². The number of aryl methyl sites for hydroxylation is 2. The minimum atomic E-state index is -0.596. The number of nitrogens with zero attached hydrogens (tertiary/aromatic N) is 2. The Morgan fingerprint density at radius 3 is 2.71 bits per heavy atom. The zero-order chi connectivity index (χ0) is 23.7. The lowest BCUT2D eigenvalue weighted by molar-refractivity contribution is -0.135. The number of ether oxygens (including phenoxy) is 2. The van der Waals surface area contributed by atoms with Crippen LogP contribution in [0, 0.1) is 13.8 Å². The highest BCUT2D eigenvalue weighted by atomic mass is 32.1. The van der Waals surface area contributed by atoms with E-state index >= 15 is 0 Å². The highest BCUT2D eigenvalue weighted by Crippen LogP contribution is 2.29. The summed E-state index contributed by atoms with van der Waals surface area (Å²) in [6.45, 7) is 4.74. The van der Waals surface area contributed by atoms with E-state index in [2.05, 4.69) is 5.16 Å². The topological polar surface area (TPSA) is 81.9 Å². The smallest absolute Gasteiger partial charge is 0.342 e. The number of benzene rings is 2. The van der Waals surface area contributed by atoms with Gasteiger partial charge in [-0.2, -0.15) is 0 Å². The SMILES string of the molecule is Cc1noc(C)c1COc1cc2ccccc2cc1C(=O)OCC(=O)N1CCc2sccc2C1. The van der Waals surface area contributed by atoms with Gasteiger partial charge in [-0.1, -0.05) is 29.4 Å². The first-order valence-electron chi connectivity index (χ1n) is 11.1. The molecule has 0 spiro atoms. The fraction of sp³-hybridized carbons (Fsp3) is 0.269. The predicted molar refractivity (Wildman–Crippen MR) is 128 cm³/mol. The lowest BCUT2D eigenvalue weighted by atomic mass is 10.1. The lowest BCUT2D eigenvalue weighted by Gasteiger charge is -2.26. The Kier molecular flexibility index (Phi) is 6.06. The third-order valence-corrected chi connectivity index (χ3v) is 7.13. The third-order valence-electron chi connectivity index (χ3n) is 6.11. The highest BCUT2D eigenvalue weighted by molar-refractivity contribution is 7.10. The van der Waals surface area contributed by atoms with Crippen LogP contribution in [0.5, 0.6) is 5.75 Å². The van der Waals surface area contributed by atoms with Gasteiger partial charge >= 0.3 is 5.97 Å². The first-order chi connectivity index (χ1) is 16.5. The van der Waals surface area contributed by atoms with Crippen molar-refractivity contribution < 1.29 is 23.6 Å². The monoisotopic (exact) mass is 476 g/mol. The average molecular weight is 477 g/mol. The van der Waals surface area contributed by atoms with E-state index in [1.54, 1.807) is 22.3 Å². The van der Waals surface area contributed by atoms with Crippen LogP contribution < -0.4 is 4.74 Å². The van der Waals surface area contributed by atoms with Crippen molar-refractivity contribution in [3.8, 4) is 5.75 Å². The summed E-state index contributed by atoms with van der Waals surface area (Å²) in [4.78, 5) is 28.8. The second-order valence-corrected chi connectivity index (χ2v) is 9.30. The summed E-state index contributed by atoms with van der Waals surface area (Å²) < 4.78 is 16.7. The maximum Gasteiger partial charge on any atom is 0.342 e. The Labute approximate surface area is 200 Å². The van der Waals surface area contributed by atoms with Crippen molar-refractivity contribution in [2.75, 3.05) is 13.2 Å². The molecule has 1 aliphatic rings. The molecule has 0 radical (unpaired) electrons. The van der Waals surface area contributed by atoms with Gasteiger partial charge in [0.25, 0.3) is 5.91 Å². The second-order valence-electron chi connectivity index (χ2n) is 8.30. The molecule has 0 N–H and O–H groups in total. The molecule has 0 unspecified atom stereocenters. The number of fused-ring (bicyclic) bond motifs is 2. The van der Waals surface area contributed by atoms with Gasteiger partial charge in [-0.05, 0) is 60.2 Å². The normalized spacial score (nSPS) is 13.1. The number of aromatic nitrogens is 1. The number of thiophene rings is 1. The van der Waals surface area contributed by atoms with Crippen molar-refractivity contribution in [2.45, 2.75) is 33.4 Å². The van der Waals surface area contributed by atoms with Crippen molar-refractivity contribution in [3.63, 3.8) is 0 Å². The minimum absolute atomic E-state index is 0.204. The second kappa shape index (κ2) is 9.30. The summed E-state index contributed by atoms with van der Waals surface area (Å²) in [7, 11) is 0. The van der Waals surface area contributed by atoms with Gasteiger partial charge in [0.15, 0.2) is 6.61 Å². The molecule has 1 amide bonds. The quantitative estimate of drug-likeness (QED) is 0.371. The van der Waals surface area contributed by atoms with Crippen molar-refractivity contribution in [3.05, 3.63) is 80.9 Å². The minimum Gasteiger partial charge on any atom is -0.488 e. The van der Waals surface area contributed by atoms with E-state index in [1.807, 2.05) is 55.6 Å². The van der Waals surface area contributed by atoms with Crippen LogP contribution in [0.3, 0.4) is 0 Å². The van der Waals surface area contributed by atoms with Gasteiger partial charge in [0.2, 0.25) is 0 Å². The van der Waals surface area contributed by atoms with Crippen LogP contribution in [0.4, 0.5) is 0 Å². The summed E-state index contributed by atoms with van der Waals surface area (Å²) >= 11 is 1.72. The van der Waals surface area contributed by atoms with Gasteiger partial charge in [0.05, 0.1) is 11.3 Å². The molecule has 7 nitrogen and oxygen atoms in total. The molecule has 0 aliphatic carbocycles. The van der Waals surface area contributed by atoms with Gasteiger partial charge in [-0.25, -0.2) is 4.79 Å². The van der Waals surface area contributed by atoms with Crippen LogP contribution in [0.1, 0.15) is 37.8 Å². The van der Waals surface area contributed by atoms with Crippen molar-refractivity contribution in [2.24, 2.45) is 0 Å². The molecule has 0 saturated carbocycles. The molecule has 0 fully saturated rings. The molecule has 174 valence electrons. The van der Waals surface area contributed by atoms with Gasteiger partial charge in [-0.15, -0.1) is 11.3 Å². The third kappa shape index (κ3) is 4.41. The molecule has 0 bridgehead atoms. The molecule has 0 saturated heterocycles. The zero-order valence-corrected chi connectivity index (χ0v) is 19.8. The fourth-order valence-corrected chi connectivity index (χ4v) is 5.00. The summed E-state index contributed by atoms with van der Waals surface area (Å²) in [5.74, 6) is 0.255. The van der Waals surface area contributed by atoms with E-state index in [1.165, 1.54) is 10.4 Å². The first kappa shape index (κ1) is 22.2. The Balaban J connectivity index is 1.32. The van der Waals surface area contributed by atoms with E-state index in [0.717, 1.165) is 28.5 Å². The molecule has 0 atom stereocenters. The molecule has 34 heavy (non-hydrogen) atoms. The average Bonchev–Trinajstić information content (AvgIpc) is 3.45. The van der Waals surface area contributed by atoms with Gasteiger partial charge in [0, 0.05) is 18.0 Å². The van der Waals surface area contributed by atoms with Crippen molar-refractivity contribution in [1.82, 2.24) is 10.1 Å². The highest BCUT2D eigenvalue weighted by Gasteiger charge is 2.24. The fourth-order valence-electron chi connectivity index (χ4n) is 4.11. The Morgan fingerprint density at radius 1 is 1.15 bits per heavy atom. The Bertz CT molecular complexity index is 1350. The van der Waals surface area contributed by atoms with Gasteiger partial charge in [0.1, 0.15) is 23.7 Å². The summed E-state index contributed by atoms with van der Waals surface area (Å²) in [6, 6.07) is 13.3. The zero-order valence-electron chi connectivity index (χ0n) is 19.0. The largest absolute Gasteiger partial charge is 0.488 e. The molecule has 8 heteroatoms. The summed E-state index contributed by atoms with van der Waals surface area (Å²) in [5.41, 5.74) is 3.02. The predicted octanol–water partition coefficient (Wildman–Crippen LogP) is 4.83. The molecule has 4 aromatic rings. The maximum atomic E-state index is 13.0. The molecule has 2 aromatic carbocycles. The number of esters is 1. The molecule has 3 heterocycles. The van der Waals surface area contributed by atoms with Crippen molar-refractivity contribution >= 4 is 34.0 Å². The first-order valence-corrected chi connectivity index (χ1v) is 11.9. The Hall–Kier alpha value is -3.65. The van der Waals surface area contributed by atoms with Crippen LogP contribution >= 0.6 is 11.3 Å². The van der Waals surface area contributed by atoms with E-state index in [9.17, 15) is 9.59 Å². The van der Waals surface area contributed by atoms with Crippen LogP contribution in [-0.2, 0) is 29.1 Å². The molecular weight excluding hydrogens is 452 g/mol. The number of hydrogen-bond acceptors (Lipinski definition) is 7. The van der Waals surface area contributed by atoms with E-state index in [0.29, 0.717) is 24.6 Å². The Morgan fingerprint density at radius 2 is 1.94 bits per heavy atom. The molecule has 1 aliphatic heterocycles. The summed E-state index contributed by atoms with van der Waals surface area (Å²) in [6.07, 6.45) is 0.830. The van der Waals surface area contributed by atoms with Gasteiger partial charge in [-0.3, -0.25) is 4.79 Å². The van der Waals surface area contributed by atoms with Gasteiger partial charge < -0.3 is 18.9 Å². The van der Waals surface area contributed by atoms with Crippen LogP contribution in [0.2, 0.25) is 0 Å². The lowest BCUT2D eigenvalue weighted by Crippen LogP contribution is -2.38. The standard InChI is InChI=1S/C26H24N2O5S/c1-16-22(17(2)33-27-16)14-31-23-12-19-6-4-3-5-18(19)11-21(23)26(30)32-15-25(29)28-9-7-24-20(13-28)8-10-34-24/h3-6,8,10-12H,7,9,13-15H2,1-2H3. The number of rotatable bonds is 6.